The molecule has 0 N–H and O–H groups in total. The Morgan fingerprint density at radius 3 is 2.60 bits per heavy atom. The number of nitriles is 1. The minimum atomic E-state index is 0.0538. The Balaban J connectivity index is 2.26. The van der Waals surface area contributed by atoms with Gasteiger partial charge in [0.15, 0.2) is 6.61 Å². The normalized spacial score (nSPS) is 14.4. The fourth-order valence-electron chi connectivity index (χ4n) is 2.06. The summed E-state index contributed by atoms with van der Waals surface area (Å²) >= 11 is 6.10. The molecule has 3 nitrogen and oxygen atoms in total. The second kappa shape index (κ2) is 6.31. The highest BCUT2D eigenvalue weighted by molar-refractivity contribution is 6.32. The molecule has 1 aromatic rings. The van der Waals surface area contributed by atoms with Crippen LogP contribution in [0.2, 0.25) is 0 Å². The van der Waals surface area contributed by atoms with Gasteiger partial charge < -0.3 is 9.64 Å². The second-order valence-electron chi connectivity index (χ2n) is 4.23. The quantitative estimate of drug-likeness (QED) is 0.842. The van der Waals surface area contributed by atoms with Crippen molar-refractivity contribution in [2.45, 2.75) is 6.92 Å². The predicted molar refractivity (Wildman–Crippen MR) is 81.0 cm³/mol. The first-order chi connectivity index (χ1) is 9.67. The Kier molecular flexibility index (Phi) is 4.49. The lowest BCUT2D eigenvalue weighted by Gasteiger charge is -2.30. The van der Waals surface area contributed by atoms with Crippen molar-refractivity contribution in [3.8, 4) is 11.8 Å². The van der Waals surface area contributed by atoms with Crippen molar-refractivity contribution >= 4 is 17.3 Å². The van der Waals surface area contributed by atoms with E-state index in [1.54, 1.807) is 0 Å². The Bertz CT molecular complexity index is 608. The van der Waals surface area contributed by atoms with Gasteiger partial charge in [-0.2, -0.15) is 5.26 Å². The average Bonchev–Trinajstić information content (AvgIpc) is 2.48. The smallest absolute Gasteiger partial charge is 0.174 e. The van der Waals surface area contributed by atoms with Gasteiger partial charge in [-0.1, -0.05) is 18.2 Å². The van der Waals surface area contributed by atoms with Gasteiger partial charge in [0.2, 0.25) is 0 Å². The summed E-state index contributed by atoms with van der Waals surface area (Å²) in [7, 11) is 0. The van der Waals surface area contributed by atoms with E-state index in [2.05, 4.69) is 18.4 Å². The van der Waals surface area contributed by atoms with Gasteiger partial charge in [-0.05, 0) is 48.9 Å². The van der Waals surface area contributed by atoms with E-state index in [1.165, 1.54) is 0 Å². The molecule has 0 saturated carbocycles. The van der Waals surface area contributed by atoms with Gasteiger partial charge in [-0.3, -0.25) is 0 Å². The minimum Gasteiger partial charge on any atom is -0.479 e. The highest BCUT2D eigenvalue weighted by Crippen LogP contribution is 2.32. The van der Waals surface area contributed by atoms with Crippen LogP contribution in [0.25, 0.3) is 5.70 Å². The number of benzene rings is 1. The van der Waals surface area contributed by atoms with Crippen LogP contribution in [0.1, 0.15) is 12.5 Å². The summed E-state index contributed by atoms with van der Waals surface area (Å²) < 4.78 is 5.24. The third-order valence-corrected chi connectivity index (χ3v) is 3.39. The second-order valence-corrected chi connectivity index (χ2v) is 4.64. The molecule has 1 aliphatic rings. The van der Waals surface area contributed by atoms with Crippen LogP contribution in [-0.2, 0) is 0 Å². The SMILES string of the molecule is C=C1C(Cl)=CC=C(c2ccc(OCC#N)cc2)N1CC. The number of hydrogen-bond donors (Lipinski definition) is 0. The fraction of sp³-hybridized carbons (Fsp3) is 0.188. The molecule has 0 amide bonds. The van der Waals surface area contributed by atoms with Crippen LogP contribution < -0.4 is 4.74 Å². The number of rotatable bonds is 4. The molecule has 0 radical (unpaired) electrons. The molecule has 0 saturated heterocycles. The summed E-state index contributed by atoms with van der Waals surface area (Å²) in [6, 6.07) is 9.57. The topological polar surface area (TPSA) is 36.3 Å². The molecule has 102 valence electrons. The molecule has 0 atom stereocenters. The number of hydrogen-bond acceptors (Lipinski definition) is 3. The van der Waals surface area contributed by atoms with Crippen LogP contribution in [0.15, 0.2) is 53.7 Å². The third kappa shape index (κ3) is 2.87. The predicted octanol–water partition coefficient (Wildman–Crippen LogP) is 3.90. The van der Waals surface area contributed by atoms with Gasteiger partial charge in [0.05, 0.1) is 10.7 Å². The van der Waals surface area contributed by atoms with Gasteiger partial charge in [-0.25, -0.2) is 0 Å². The van der Waals surface area contributed by atoms with Gasteiger partial charge in [0.25, 0.3) is 0 Å². The molecule has 0 fully saturated rings. The Morgan fingerprint density at radius 1 is 1.30 bits per heavy atom. The van der Waals surface area contributed by atoms with Gasteiger partial charge in [0, 0.05) is 12.2 Å². The van der Waals surface area contributed by atoms with Crippen LogP contribution in [-0.4, -0.2) is 18.1 Å². The molecule has 0 unspecified atom stereocenters. The van der Waals surface area contributed by atoms with E-state index in [0.29, 0.717) is 10.8 Å². The summed E-state index contributed by atoms with van der Waals surface area (Å²) in [6.07, 6.45) is 3.83. The van der Waals surface area contributed by atoms with Crippen molar-refractivity contribution in [2.75, 3.05) is 13.2 Å². The molecular formula is C16H15ClN2O. The van der Waals surface area contributed by atoms with Gasteiger partial charge in [0.1, 0.15) is 11.8 Å². The van der Waals surface area contributed by atoms with Crippen LogP contribution in [0.3, 0.4) is 0 Å². The van der Waals surface area contributed by atoms with Crippen molar-refractivity contribution in [2.24, 2.45) is 0 Å². The number of likely N-dealkylation sites (N-methyl/N-ethyl adjacent to an activating group) is 1. The Hall–Kier alpha value is -2.18. The third-order valence-electron chi connectivity index (χ3n) is 3.05. The number of halogens is 1. The first-order valence-corrected chi connectivity index (χ1v) is 6.69. The van der Waals surface area contributed by atoms with E-state index in [0.717, 1.165) is 23.5 Å². The number of allylic oxidation sites excluding steroid dienone is 3. The molecule has 2 rings (SSSR count). The monoisotopic (exact) mass is 286 g/mol. The Labute approximate surface area is 124 Å². The average molecular weight is 287 g/mol. The molecule has 0 spiro atoms. The van der Waals surface area contributed by atoms with Gasteiger partial charge >= 0.3 is 0 Å². The first-order valence-electron chi connectivity index (χ1n) is 6.32. The largest absolute Gasteiger partial charge is 0.479 e. The van der Waals surface area contributed by atoms with E-state index in [4.69, 9.17) is 21.6 Å². The first kappa shape index (κ1) is 14.2. The Morgan fingerprint density at radius 2 is 2.00 bits per heavy atom. The molecule has 1 aliphatic heterocycles. The molecular weight excluding hydrogens is 272 g/mol. The maximum absolute atomic E-state index is 8.49. The van der Waals surface area contributed by atoms with E-state index in [1.807, 2.05) is 42.5 Å². The van der Waals surface area contributed by atoms with Crippen LogP contribution in [0.5, 0.6) is 5.75 Å². The van der Waals surface area contributed by atoms with Crippen molar-refractivity contribution in [3.05, 3.63) is 59.3 Å². The van der Waals surface area contributed by atoms with Crippen molar-refractivity contribution < 1.29 is 4.74 Å². The lowest BCUT2D eigenvalue weighted by Crippen LogP contribution is -2.22. The highest BCUT2D eigenvalue weighted by Gasteiger charge is 2.18. The molecule has 0 aromatic heterocycles. The van der Waals surface area contributed by atoms with E-state index < -0.39 is 0 Å². The van der Waals surface area contributed by atoms with Crippen LogP contribution in [0.4, 0.5) is 0 Å². The van der Waals surface area contributed by atoms with Crippen molar-refractivity contribution in [3.63, 3.8) is 0 Å². The molecule has 20 heavy (non-hydrogen) atoms. The van der Waals surface area contributed by atoms with Crippen LogP contribution >= 0.6 is 11.6 Å². The van der Waals surface area contributed by atoms with Gasteiger partial charge in [-0.15, -0.1) is 0 Å². The minimum absolute atomic E-state index is 0.0538. The lowest BCUT2D eigenvalue weighted by atomic mass is 10.1. The zero-order chi connectivity index (χ0) is 14.5. The zero-order valence-electron chi connectivity index (χ0n) is 11.3. The molecule has 4 heteroatoms. The molecule has 1 aromatic carbocycles. The standard InChI is InChI=1S/C16H15ClN2O/c1-3-19-12(2)15(17)8-9-16(19)13-4-6-14(7-5-13)20-11-10-18/h4-9H,2-3,11H2,1H3. The molecule has 0 bridgehead atoms. The summed E-state index contributed by atoms with van der Waals surface area (Å²) in [5.41, 5.74) is 2.91. The summed E-state index contributed by atoms with van der Waals surface area (Å²) in [5, 5.41) is 9.14. The lowest BCUT2D eigenvalue weighted by molar-refractivity contribution is 0.368. The van der Waals surface area contributed by atoms with E-state index in [-0.39, 0.29) is 6.61 Å². The van der Waals surface area contributed by atoms with Crippen molar-refractivity contribution in [1.29, 1.82) is 5.26 Å². The maximum atomic E-state index is 8.49. The van der Waals surface area contributed by atoms with E-state index >= 15 is 0 Å². The number of ether oxygens (including phenoxy) is 1. The summed E-state index contributed by atoms with van der Waals surface area (Å²) in [6.45, 7) is 6.91. The summed E-state index contributed by atoms with van der Waals surface area (Å²) in [5.74, 6) is 0.683. The van der Waals surface area contributed by atoms with E-state index in [9.17, 15) is 0 Å². The fourth-order valence-corrected chi connectivity index (χ4v) is 2.23. The van der Waals surface area contributed by atoms with Crippen LogP contribution in [0, 0.1) is 11.3 Å². The summed E-state index contributed by atoms with van der Waals surface area (Å²) in [4.78, 5) is 2.06. The van der Waals surface area contributed by atoms with Crippen molar-refractivity contribution in [1.82, 2.24) is 4.90 Å². The highest BCUT2D eigenvalue weighted by atomic mass is 35.5. The molecule has 0 aliphatic carbocycles. The maximum Gasteiger partial charge on any atom is 0.174 e. The zero-order valence-corrected chi connectivity index (χ0v) is 12.0. The number of nitrogens with zero attached hydrogens (tertiary/aromatic N) is 2. The molecule has 1 heterocycles.